The number of hydrogen-bond donors (Lipinski definition) is 2. The van der Waals surface area contributed by atoms with Crippen LogP contribution in [0, 0.1) is 0 Å². The van der Waals surface area contributed by atoms with Gasteiger partial charge < -0.3 is 15.6 Å². The normalized spacial score (nSPS) is 14.4. The van der Waals surface area contributed by atoms with Gasteiger partial charge in [0, 0.05) is 24.3 Å². The molecule has 0 saturated heterocycles. The van der Waals surface area contributed by atoms with E-state index in [2.05, 4.69) is 20.6 Å². The predicted molar refractivity (Wildman–Crippen MR) is 111 cm³/mol. The molecule has 1 saturated carbocycles. The molecule has 2 aromatic heterocycles. The fourth-order valence-corrected chi connectivity index (χ4v) is 3.48. The van der Waals surface area contributed by atoms with E-state index in [4.69, 9.17) is 10.3 Å². The molecule has 4 rings (SSSR count). The number of benzene rings is 1. The Morgan fingerprint density at radius 1 is 1.17 bits per heavy atom. The van der Waals surface area contributed by atoms with Gasteiger partial charge in [0.05, 0.1) is 11.8 Å². The molecule has 8 nitrogen and oxygen atoms in total. The molecule has 0 radical (unpaired) electrons. The summed E-state index contributed by atoms with van der Waals surface area (Å²) in [4.78, 5) is 16.7. The largest absolute Gasteiger partial charge is 0.352 e. The summed E-state index contributed by atoms with van der Waals surface area (Å²) in [6.07, 6.45) is 9.13. The maximum absolute atomic E-state index is 12.2. The Hall–Kier alpha value is -2.71. The lowest BCUT2D eigenvalue weighted by Crippen LogP contribution is -2.38. The first kappa shape index (κ1) is 21.0. The Kier molecular flexibility index (Phi) is 7.00. The van der Waals surface area contributed by atoms with E-state index in [1.54, 1.807) is 17.1 Å². The molecule has 1 aliphatic rings. The molecule has 0 bridgehead atoms. The topological polar surface area (TPSA) is 112 Å². The molecule has 1 amide bonds. The summed E-state index contributed by atoms with van der Waals surface area (Å²) in [7, 11) is 0. The zero-order valence-corrected chi connectivity index (χ0v) is 16.9. The van der Waals surface area contributed by atoms with Crippen LogP contribution in [-0.4, -0.2) is 31.9 Å². The van der Waals surface area contributed by atoms with E-state index in [0.717, 1.165) is 24.0 Å². The van der Waals surface area contributed by atoms with Crippen LogP contribution >= 0.6 is 12.4 Å². The van der Waals surface area contributed by atoms with E-state index < -0.39 is 0 Å². The predicted octanol–water partition coefficient (Wildman–Crippen LogP) is 2.93. The van der Waals surface area contributed by atoms with Gasteiger partial charge in [0.1, 0.15) is 6.54 Å². The lowest BCUT2D eigenvalue weighted by molar-refractivity contribution is -0.122. The van der Waals surface area contributed by atoms with Crippen LogP contribution in [0.1, 0.15) is 37.7 Å². The van der Waals surface area contributed by atoms with Gasteiger partial charge in [0.2, 0.25) is 11.7 Å². The molecular weight excluding hydrogens is 392 g/mol. The van der Waals surface area contributed by atoms with Crippen molar-refractivity contribution in [1.29, 1.82) is 0 Å². The second-order valence-corrected chi connectivity index (χ2v) is 7.15. The Bertz CT molecular complexity index is 931. The number of amides is 1. The summed E-state index contributed by atoms with van der Waals surface area (Å²) in [5.74, 6) is 0.853. The zero-order valence-electron chi connectivity index (χ0n) is 16.1. The molecule has 154 valence electrons. The molecule has 1 aromatic carbocycles. The van der Waals surface area contributed by atoms with Crippen LogP contribution in [0.3, 0.4) is 0 Å². The molecule has 0 unspecified atom stereocenters. The number of nitrogens with two attached hydrogens (primary N) is 1. The Morgan fingerprint density at radius 2 is 1.93 bits per heavy atom. The summed E-state index contributed by atoms with van der Waals surface area (Å²) in [6.45, 7) is 0.670. The molecule has 2 heterocycles. The lowest BCUT2D eigenvalue weighted by Gasteiger charge is -2.22. The van der Waals surface area contributed by atoms with Crippen molar-refractivity contribution < 1.29 is 9.32 Å². The third kappa shape index (κ3) is 5.21. The maximum atomic E-state index is 12.2. The molecule has 1 aliphatic carbocycles. The van der Waals surface area contributed by atoms with Crippen molar-refractivity contribution in [3.05, 3.63) is 42.2 Å². The van der Waals surface area contributed by atoms with E-state index in [9.17, 15) is 4.79 Å². The standard InChI is InChI=1S/C20H24N6O2.ClH/c21-10-14-6-8-15(9-7-14)19-24-20(28-25-19)16-11-22-26(12-16)13-18(27)23-17-4-2-1-3-5-17;/h6-9,11-12,17H,1-5,10,13,21H2,(H,23,27);1H. The molecule has 0 spiro atoms. The van der Waals surface area contributed by atoms with Crippen molar-refractivity contribution in [3.8, 4) is 22.8 Å². The first-order valence-electron chi connectivity index (χ1n) is 9.66. The first-order chi connectivity index (χ1) is 13.7. The molecule has 0 atom stereocenters. The Balaban J connectivity index is 0.00000240. The van der Waals surface area contributed by atoms with E-state index in [1.165, 1.54) is 19.3 Å². The average molecular weight is 417 g/mol. The third-order valence-corrected chi connectivity index (χ3v) is 5.03. The van der Waals surface area contributed by atoms with Gasteiger partial charge in [-0.1, -0.05) is 48.7 Å². The van der Waals surface area contributed by atoms with Crippen LogP contribution in [0.2, 0.25) is 0 Å². The quantitative estimate of drug-likeness (QED) is 0.638. The second kappa shape index (κ2) is 9.67. The van der Waals surface area contributed by atoms with Crippen molar-refractivity contribution >= 4 is 18.3 Å². The molecule has 29 heavy (non-hydrogen) atoms. The van der Waals surface area contributed by atoms with E-state index in [1.807, 2.05) is 24.3 Å². The van der Waals surface area contributed by atoms with Crippen LogP contribution in [0.15, 0.2) is 41.2 Å². The van der Waals surface area contributed by atoms with Gasteiger partial charge in [-0.05, 0) is 18.4 Å². The highest BCUT2D eigenvalue weighted by Crippen LogP contribution is 2.22. The fourth-order valence-electron chi connectivity index (χ4n) is 3.48. The SMILES string of the molecule is Cl.NCc1ccc(-c2noc(-c3cnn(CC(=O)NC4CCCCC4)c3)n2)cc1. The Labute approximate surface area is 175 Å². The van der Waals surface area contributed by atoms with Crippen LogP contribution in [-0.2, 0) is 17.9 Å². The summed E-state index contributed by atoms with van der Waals surface area (Å²) in [5, 5.41) is 11.4. The Morgan fingerprint density at radius 3 is 2.66 bits per heavy atom. The van der Waals surface area contributed by atoms with Crippen LogP contribution in [0.5, 0.6) is 0 Å². The fraction of sp³-hybridized carbons (Fsp3) is 0.400. The monoisotopic (exact) mass is 416 g/mol. The van der Waals surface area contributed by atoms with Gasteiger partial charge in [-0.3, -0.25) is 9.48 Å². The number of rotatable bonds is 6. The number of nitrogens with zero attached hydrogens (tertiary/aromatic N) is 4. The zero-order chi connectivity index (χ0) is 19.3. The van der Waals surface area contributed by atoms with Crippen molar-refractivity contribution in [2.45, 2.75) is 51.2 Å². The third-order valence-electron chi connectivity index (χ3n) is 5.03. The number of carbonyl (C=O) groups excluding carboxylic acids is 1. The van der Waals surface area contributed by atoms with Gasteiger partial charge in [0.25, 0.3) is 5.89 Å². The highest BCUT2D eigenvalue weighted by atomic mass is 35.5. The summed E-state index contributed by atoms with van der Waals surface area (Å²) >= 11 is 0. The number of nitrogens with one attached hydrogen (secondary N) is 1. The van der Waals surface area contributed by atoms with Crippen LogP contribution in [0.25, 0.3) is 22.8 Å². The van der Waals surface area contributed by atoms with Crippen LogP contribution < -0.4 is 11.1 Å². The summed E-state index contributed by atoms with van der Waals surface area (Å²) in [5.41, 5.74) is 8.20. The summed E-state index contributed by atoms with van der Waals surface area (Å²) in [6, 6.07) is 7.99. The van der Waals surface area contributed by atoms with Crippen LogP contribution in [0.4, 0.5) is 0 Å². The molecule has 3 aromatic rings. The highest BCUT2D eigenvalue weighted by Gasteiger charge is 2.17. The van der Waals surface area contributed by atoms with Crippen molar-refractivity contribution in [2.24, 2.45) is 5.73 Å². The van der Waals surface area contributed by atoms with E-state index in [0.29, 0.717) is 29.9 Å². The molecule has 9 heteroatoms. The summed E-state index contributed by atoms with van der Waals surface area (Å²) < 4.78 is 6.95. The molecule has 1 fully saturated rings. The first-order valence-corrected chi connectivity index (χ1v) is 9.66. The van der Waals surface area contributed by atoms with Gasteiger partial charge in [-0.2, -0.15) is 10.1 Å². The minimum absolute atomic E-state index is 0. The molecule has 3 N–H and O–H groups in total. The number of aromatic nitrogens is 4. The van der Waals surface area contributed by atoms with Gasteiger partial charge in [-0.15, -0.1) is 12.4 Å². The van der Waals surface area contributed by atoms with Crippen molar-refractivity contribution in [3.63, 3.8) is 0 Å². The number of halogens is 1. The molecular formula is C20H25ClN6O2. The second-order valence-electron chi connectivity index (χ2n) is 7.15. The smallest absolute Gasteiger partial charge is 0.261 e. The molecule has 0 aliphatic heterocycles. The van der Waals surface area contributed by atoms with Crippen molar-refractivity contribution in [2.75, 3.05) is 0 Å². The van der Waals surface area contributed by atoms with Gasteiger partial charge >= 0.3 is 0 Å². The lowest BCUT2D eigenvalue weighted by atomic mass is 9.95. The van der Waals surface area contributed by atoms with E-state index >= 15 is 0 Å². The minimum atomic E-state index is -0.0206. The van der Waals surface area contributed by atoms with Gasteiger partial charge in [-0.25, -0.2) is 0 Å². The van der Waals surface area contributed by atoms with Crippen molar-refractivity contribution in [1.82, 2.24) is 25.2 Å². The number of carbonyl (C=O) groups is 1. The average Bonchev–Trinajstić information content (AvgIpc) is 3.38. The van der Waals surface area contributed by atoms with Gasteiger partial charge in [0.15, 0.2) is 0 Å². The highest BCUT2D eigenvalue weighted by molar-refractivity contribution is 5.85. The van der Waals surface area contributed by atoms with E-state index in [-0.39, 0.29) is 24.9 Å². The minimum Gasteiger partial charge on any atom is -0.352 e. The maximum Gasteiger partial charge on any atom is 0.261 e. The number of hydrogen-bond acceptors (Lipinski definition) is 6.